The number of nitrogens with zero attached hydrogens (tertiary/aromatic N) is 2. The van der Waals surface area contributed by atoms with Crippen LogP contribution in [0.5, 0.6) is 0 Å². The molecular formula is C11H13N3S. The number of thiazole rings is 1. The van der Waals surface area contributed by atoms with E-state index in [2.05, 4.69) is 9.97 Å². The minimum absolute atomic E-state index is 0.329. The first-order chi connectivity index (χ1) is 7.07. The van der Waals surface area contributed by atoms with Crippen LogP contribution in [0.1, 0.15) is 18.7 Å². The van der Waals surface area contributed by atoms with E-state index in [0.29, 0.717) is 0 Å². The summed E-state index contributed by atoms with van der Waals surface area (Å²) in [7, 11) is 0. The fraction of sp³-hybridized carbons (Fsp3) is 0.273. The lowest BCUT2D eigenvalue weighted by molar-refractivity contribution is 0.566. The molecule has 2 heterocycles. The summed E-state index contributed by atoms with van der Waals surface area (Å²) >= 11 is 1.59. The summed E-state index contributed by atoms with van der Waals surface area (Å²) in [5, 5.41) is 0.920. The highest BCUT2D eigenvalue weighted by molar-refractivity contribution is 7.15. The van der Waals surface area contributed by atoms with Gasteiger partial charge in [0.15, 0.2) is 0 Å². The summed E-state index contributed by atoms with van der Waals surface area (Å²) in [5.41, 5.74) is 6.57. The number of hydrogen-bond acceptors (Lipinski definition) is 4. The maximum absolute atomic E-state index is 6.00. The molecule has 0 aliphatic rings. The van der Waals surface area contributed by atoms with Gasteiger partial charge in [0.1, 0.15) is 5.01 Å². The molecule has 2 N–H and O–H groups in total. The van der Waals surface area contributed by atoms with Gasteiger partial charge < -0.3 is 5.73 Å². The van der Waals surface area contributed by atoms with E-state index in [9.17, 15) is 0 Å². The van der Waals surface area contributed by atoms with Crippen molar-refractivity contribution in [2.75, 3.05) is 0 Å². The van der Waals surface area contributed by atoms with Gasteiger partial charge in [0.2, 0.25) is 0 Å². The highest BCUT2D eigenvalue weighted by Gasteiger charge is 2.18. The van der Waals surface area contributed by atoms with Crippen LogP contribution < -0.4 is 5.73 Å². The predicted octanol–water partition coefficient (Wildman–Crippen LogP) is 2.40. The second-order valence-electron chi connectivity index (χ2n) is 3.97. The van der Waals surface area contributed by atoms with Gasteiger partial charge >= 0.3 is 0 Å². The third kappa shape index (κ3) is 2.22. The Hall–Kier alpha value is -1.26. The van der Waals surface area contributed by atoms with E-state index in [0.717, 1.165) is 15.6 Å². The molecule has 2 aromatic heterocycles. The molecule has 2 aromatic rings. The lowest BCUT2D eigenvalue weighted by Crippen LogP contribution is -2.27. The van der Waals surface area contributed by atoms with Crippen molar-refractivity contribution in [1.82, 2.24) is 9.97 Å². The lowest BCUT2D eigenvalue weighted by Gasteiger charge is -2.14. The molecule has 3 nitrogen and oxygen atoms in total. The first-order valence-corrected chi connectivity index (χ1v) is 5.55. The van der Waals surface area contributed by atoms with Gasteiger partial charge in [0, 0.05) is 22.8 Å². The molecule has 0 spiro atoms. The standard InChI is InChI=1S/C11H13N3S/c1-11(2,12)9-7-14-10(15-9)8-5-3-4-6-13-8/h3-7H,12H2,1-2H3. The van der Waals surface area contributed by atoms with Crippen molar-refractivity contribution in [1.29, 1.82) is 0 Å². The summed E-state index contributed by atoms with van der Waals surface area (Å²) in [4.78, 5) is 9.65. The van der Waals surface area contributed by atoms with Gasteiger partial charge in [-0.3, -0.25) is 4.98 Å². The molecule has 0 saturated heterocycles. The third-order valence-electron chi connectivity index (χ3n) is 2.02. The van der Waals surface area contributed by atoms with E-state index in [-0.39, 0.29) is 5.54 Å². The Balaban J connectivity index is 2.37. The van der Waals surface area contributed by atoms with Crippen molar-refractivity contribution in [2.24, 2.45) is 5.73 Å². The van der Waals surface area contributed by atoms with Crippen LogP contribution in [0, 0.1) is 0 Å². The Labute approximate surface area is 93.0 Å². The smallest absolute Gasteiger partial charge is 0.142 e. The van der Waals surface area contributed by atoms with Crippen molar-refractivity contribution in [2.45, 2.75) is 19.4 Å². The largest absolute Gasteiger partial charge is 0.321 e. The van der Waals surface area contributed by atoms with Crippen LogP contribution >= 0.6 is 11.3 Å². The van der Waals surface area contributed by atoms with Gasteiger partial charge in [-0.15, -0.1) is 11.3 Å². The maximum Gasteiger partial charge on any atom is 0.142 e. The van der Waals surface area contributed by atoms with Gasteiger partial charge in [0.25, 0.3) is 0 Å². The number of pyridine rings is 1. The first-order valence-electron chi connectivity index (χ1n) is 4.74. The molecule has 2 rings (SSSR count). The quantitative estimate of drug-likeness (QED) is 0.843. The fourth-order valence-electron chi connectivity index (χ4n) is 1.18. The fourth-order valence-corrected chi connectivity index (χ4v) is 2.09. The Morgan fingerprint density at radius 2 is 2.07 bits per heavy atom. The van der Waals surface area contributed by atoms with Crippen LogP contribution in [0.2, 0.25) is 0 Å². The molecule has 0 aromatic carbocycles. The van der Waals surface area contributed by atoms with Gasteiger partial charge in [-0.1, -0.05) is 6.07 Å². The summed E-state index contributed by atoms with van der Waals surface area (Å²) in [6, 6.07) is 5.80. The van der Waals surface area contributed by atoms with E-state index >= 15 is 0 Å². The lowest BCUT2D eigenvalue weighted by atomic mass is 10.1. The normalized spacial score (nSPS) is 11.7. The highest BCUT2D eigenvalue weighted by atomic mass is 32.1. The van der Waals surface area contributed by atoms with Gasteiger partial charge in [-0.25, -0.2) is 4.98 Å². The number of aromatic nitrogens is 2. The van der Waals surface area contributed by atoms with Crippen molar-refractivity contribution < 1.29 is 0 Å². The molecule has 78 valence electrons. The summed E-state index contributed by atoms with van der Waals surface area (Å²) in [6.07, 6.45) is 3.60. The third-order valence-corrected chi connectivity index (χ3v) is 3.38. The number of rotatable bonds is 2. The highest BCUT2D eigenvalue weighted by Crippen LogP contribution is 2.28. The number of hydrogen-bond donors (Lipinski definition) is 1. The van der Waals surface area contributed by atoms with Crippen LogP contribution in [-0.2, 0) is 5.54 Å². The zero-order valence-corrected chi connectivity index (χ0v) is 9.58. The van der Waals surface area contributed by atoms with Crippen LogP contribution in [-0.4, -0.2) is 9.97 Å². The molecule has 0 aliphatic heterocycles. The molecule has 0 amide bonds. The summed E-state index contributed by atoms with van der Waals surface area (Å²) in [5.74, 6) is 0. The SMILES string of the molecule is CC(C)(N)c1cnc(-c2ccccn2)s1. The summed E-state index contributed by atoms with van der Waals surface area (Å²) < 4.78 is 0. The molecular weight excluding hydrogens is 206 g/mol. The molecule has 0 fully saturated rings. The minimum atomic E-state index is -0.329. The molecule has 15 heavy (non-hydrogen) atoms. The zero-order chi connectivity index (χ0) is 10.9. The molecule has 0 unspecified atom stereocenters. The van der Waals surface area contributed by atoms with E-state index in [1.54, 1.807) is 17.5 Å². The monoisotopic (exact) mass is 219 g/mol. The maximum atomic E-state index is 6.00. The minimum Gasteiger partial charge on any atom is -0.321 e. The van der Waals surface area contributed by atoms with Crippen molar-refractivity contribution in [3.8, 4) is 10.7 Å². The molecule has 0 aliphatic carbocycles. The predicted molar refractivity (Wildman–Crippen MR) is 62.6 cm³/mol. The Morgan fingerprint density at radius 1 is 1.27 bits per heavy atom. The van der Waals surface area contributed by atoms with Crippen LogP contribution in [0.25, 0.3) is 10.7 Å². The van der Waals surface area contributed by atoms with Crippen LogP contribution in [0.15, 0.2) is 30.6 Å². The van der Waals surface area contributed by atoms with Crippen LogP contribution in [0.3, 0.4) is 0 Å². The van der Waals surface area contributed by atoms with Crippen molar-refractivity contribution in [3.63, 3.8) is 0 Å². The Morgan fingerprint density at radius 3 is 2.60 bits per heavy atom. The summed E-state index contributed by atoms with van der Waals surface area (Å²) in [6.45, 7) is 3.95. The Kier molecular flexibility index (Phi) is 2.54. The molecule has 4 heteroatoms. The van der Waals surface area contributed by atoms with E-state index in [4.69, 9.17) is 5.73 Å². The Bertz CT molecular complexity index is 442. The molecule has 0 saturated carbocycles. The van der Waals surface area contributed by atoms with Gasteiger partial charge in [-0.2, -0.15) is 0 Å². The number of nitrogens with two attached hydrogens (primary N) is 1. The van der Waals surface area contributed by atoms with Gasteiger partial charge in [-0.05, 0) is 26.0 Å². The van der Waals surface area contributed by atoms with E-state index < -0.39 is 0 Å². The molecule has 0 atom stereocenters. The molecule has 0 radical (unpaired) electrons. The average Bonchev–Trinajstić information content (AvgIpc) is 2.67. The zero-order valence-electron chi connectivity index (χ0n) is 8.77. The first kappa shape index (κ1) is 10.3. The van der Waals surface area contributed by atoms with E-state index in [1.807, 2.05) is 38.2 Å². The molecule has 0 bridgehead atoms. The second-order valence-corrected chi connectivity index (χ2v) is 5.00. The topological polar surface area (TPSA) is 51.8 Å². The average molecular weight is 219 g/mol. The van der Waals surface area contributed by atoms with E-state index in [1.165, 1.54) is 0 Å². The van der Waals surface area contributed by atoms with Crippen molar-refractivity contribution >= 4 is 11.3 Å². The van der Waals surface area contributed by atoms with Crippen molar-refractivity contribution in [3.05, 3.63) is 35.5 Å². The van der Waals surface area contributed by atoms with Gasteiger partial charge in [0.05, 0.1) is 5.69 Å². The van der Waals surface area contributed by atoms with Crippen LogP contribution in [0.4, 0.5) is 0 Å². The second kappa shape index (κ2) is 3.72.